The molecule has 0 fully saturated rings. The monoisotopic (exact) mass is 277 g/mol. The predicted octanol–water partition coefficient (Wildman–Crippen LogP) is 1.04. The number of carbonyl (C=O) groups is 1. The van der Waals surface area contributed by atoms with Gasteiger partial charge in [0.25, 0.3) is 0 Å². The number of alkyl halides is 1. The van der Waals surface area contributed by atoms with E-state index in [1.165, 1.54) is 11.3 Å². The number of oxime groups is 1. The third-order valence-corrected chi connectivity index (χ3v) is 2.22. The van der Waals surface area contributed by atoms with Gasteiger partial charge in [-0.2, -0.15) is 0 Å². The molecule has 0 saturated carbocycles. The second-order valence-corrected chi connectivity index (χ2v) is 3.87. The highest BCUT2D eigenvalue weighted by atomic mass is 79.9. The van der Waals surface area contributed by atoms with Gasteiger partial charge in [0.15, 0.2) is 17.1 Å². The van der Waals surface area contributed by atoms with Crippen LogP contribution in [-0.2, 0) is 9.63 Å². The molecule has 1 aromatic rings. The summed E-state index contributed by atoms with van der Waals surface area (Å²) in [6.07, 6.45) is 0.586. The van der Waals surface area contributed by atoms with Crippen LogP contribution < -0.4 is 5.73 Å². The van der Waals surface area contributed by atoms with Gasteiger partial charge in [0.2, 0.25) is 0 Å². The maximum absolute atomic E-state index is 10.6. The number of aromatic nitrogens is 1. The van der Waals surface area contributed by atoms with Crippen molar-refractivity contribution in [2.24, 2.45) is 5.16 Å². The molecule has 0 radical (unpaired) electrons. The number of aldehydes is 1. The number of thiazole rings is 1. The van der Waals surface area contributed by atoms with E-state index in [0.29, 0.717) is 29.0 Å². The lowest BCUT2D eigenvalue weighted by molar-refractivity contribution is -0.102. The summed E-state index contributed by atoms with van der Waals surface area (Å²) in [5.41, 5.74) is 6.01. The Balaban J connectivity index is 2.71. The van der Waals surface area contributed by atoms with Gasteiger partial charge in [-0.25, -0.2) is 4.98 Å². The standard InChI is InChI=1S/C7H8BrN3O2S/c8-1-2-13-11-5(3-12)6-4-14-7(9)10-6/h3-4H,1-2H2,(H2,9,10). The zero-order valence-electron chi connectivity index (χ0n) is 7.14. The van der Waals surface area contributed by atoms with Crippen LogP contribution in [-0.4, -0.2) is 28.9 Å². The maximum atomic E-state index is 10.6. The number of nitrogens with zero attached hydrogens (tertiary/aromatic N) is 2. The molecular weight excluding hydrogens is 270 g/mol. The van der Waals surface area contributed by atoms with Crippen LogP contribution in [0.25, 0.3) is 0 Å². The van der Waals surface area contributed by atoms with Crippen LogP contribution in [0.5, 0.6) is 0 Å². The Kier molecular flexibility index (Phi) is 4.54. The molecule has 0 bridgehead atoms. The van der Waals surface area contributed by atoms with Crippen molar-refractivity contribution in [3.63, 3.8) is 0 Å². The number of anilines is 1. The molecule has 0 amide bonds. The highest BCUT2D eigenvalue weighted by Crippen LogP contribution is 2.11. The van der Waals surface area contributed by atoms with Crippen LogP contribution in [0, 0.1) is 0 Å². The number of hydrogen-bond donors (Lipinski definition) is 1. The Morgan fingerprint density at radius 1 is 1.86 bits per heavy atom. The second kappa shape index (κ2) is 5.71. The van der Waals surface area contributed by atoms with Crippen molar-refractivity contribution < 1.29 is 9.63 Å². The summed E-state index contributed by atoms with van der Waals surface area (Å²) < 4.78 is 0. The molecule has 7 heteroatoms. The molecule has 0 saturated heterocycles. The first kappa shape index (κ1) is 11.1. The SMILES string of the molecule is Nc1nc(C(C=O)=NOCCBr)cs1. The van der Waals surface area contributed by atoms with E-state index >= 15 is 0 Å². The fourth-order valence-corrected chi connectivity index (χ4v) is 1.39. The summed E-state index contributed by atoms with van der Waals surface area (Å²) in [5, 5.41) is 6.33. The third kappa shape index (κ3) is 3.08. The van der Waals surface area contributed by atoms with E-state index in [1.54, 1.807) is 5.38 Å². The van der Waals surface area contributed by atoms with Gasteiger partial charge in [0.1, 0.15) is 12.3 Å². The van der Waals surface area contributed by atoms with E-state index in [-0.39, 0.29) is 5.71 Å². The fourth-order valence-electron chi connectivity index (χ4n) is 0.684. The van der Waals surface area contributed by atoms with Crippen LogP contribution in [0.3, 0.4) is 0 Å². The van der Waals surface area contributed by atoms with Gasteiger partial charge in [-0.05, 0) is 0 Å². The molecule has 0 aliphatic heterocycles. The molecule has 1 heterocycles. The summed E-state index contributed by atoms with van der Waals surface area (Å²) >= 11 is 4.42. The molecule has 76 valence electrons. The van der Waals surface area contributed by atoms with E-state index < -0.39 is 0 Å². The molecule has 2 N–H and O–H groups in total. The lowest BCUT2D eigenvalue weighted by atomic mass is 10.3. The zero-order valence-corrected chi connectivity index (χ0v) is 9.55. The molecule has 0 atom stereocenters. The Hall–Kier alpha value is -0.950. The molecule has 0 aliphatic rings. The summed E-state index contributed by atoms with van der Waals surface area (Å²) in [6, 6.07) is 0. The first-order valence-electron chi connectivity index (χ1n) is 3.70. The first-order valence-corrected chi connectivity index (χ1v) is 5.70. The molecule has 0 aliphatic carbocycles. The lowest BCUT2D eigenvalue weighted by Gasteiger charge is -1.95. The van der Waals surface area contributed by atoms with Crippen molar-refractivity contribution in [3.8, 4) is 0 Å². The average molecular weight is 278 g/mol. The molecule has 5 nitrogen and oxygen atoms in total. The predicted molar refractivity (Wildman–Crippen MR) is 58.9 cm³/mol. The molecular formula is C7H8BrN3O2S. The van der Waals surface area contributed by atoms with Crippen molar-refractivity contribution in [1.82, 2.24) is 4.98 Å². The van der Waals surface area contributed by atoms with Crippen molar-refractivity contribution >= 4 is 44.4 Å². The van der Waals surface area contributed by atoms with Crippen molar-refractivity contribution in [3.05, 3.63) is 11.1 Å². The summed E-state index contributed by atoms with van der Waals surface area (Å²) in [5.74, 6) is 0. The highest BCUT2D eigenvalue weighted by Gasteiger charge is 2.06. The Bertz CT molecular complexity index is 339. The average Bonchev–Trinajstić information content (AvgIpc) is 2.60. The number of hydrogen-bond acceptors (Lipinski definition) is 6. The van der Waals surface area contributed by atoms with E-state index in [1.807, 2.05) is 0 Å². The number of carbonyl (C=O) groups excluding carboxylic acids is 1. The normalized spacial score (nSPS) is 11.4. The summed E-state index contributed by atoms with van der Waals surface area (Å²) in [6.45, 7) is 0.400. The number of rotatable bonds is 5. The Labute approximate surface area is 93.1 Å². The van der Waals surface area contributed by atoms with Gasteiger partial charge in [0, 0.05) is 10.7 Å². The maximum Gasteiger partial charge on any atom is 0.180 e. The minimum atomic E-state index is 0.152. The van der Waals surface area contributed by atoms with E-state index in [2.05, 4.69) is 26.1 Å². The Morgan fingerprint density at radius 3 is 3.14 bits per heavy atom. The van der Waals surface area contributed by atoms with Gasteiger partial charge in [-0.3, -0.25) is 4.79 Å². The summed E-state index contributed by atoms with van der Waals surface area (Å²) in [4.78, 5) is 19.3. The number of nitrogens with two attached hydrogens (primary N) is 1. The van der Waals surface area contributed by atoms with Gasteiger partial charge >= 0.3 is 0 Å². The highest BCUT2D eigenvalue weighted by molar-refractivity contribution is 9.09. The minimum absolute atomic E-state index is 0.152. The van der Waals surface area contributed by atoms with Crippen molar-refractivity contribution in [2.75, 3.05) is 17.7 Å². The molecule has 0 aromatic carbocycles. The quantitative estimate of drug-likeness (QED) is 0.287. The van der Waals surface area contributed by atoms with Crippen molar-refractivity contribution in [1.29, 1.82) is 0 Å². The number of halogens is 1. The van der Waals surface area contributed by atoms with Crippen LogP contribution in [0.4, 0.5) is 5.13 Å². The molecule has 0 spiro atoms. The Morgan fingerprint density at radius 2 is 2.64 bits per heavy atom. The molecule has 0 unspecified atom stereocenters. The van der Waals surface area contributed by atoms with Crippen LogP contribution >= 0.6 is 27.3 Å². The molecule has 14 heavy (non-hydrogen) atoms. The van der Waals surface area contributed by atoms with E-state index in [4.69, 9.17) is 10.6 Å². The minimum Gasteiger partial charge on any atom is -0.394 e. The third-order valence-electron chi connectivity index (χ3n) is 1.23. The molecule has 1 rings (SSSR count). The zero-order chi connectivity index (χ0) is 10.4. The second-order valence-electron chi connectivity index (χ2n) is 2.19. The van der Waals surface area contributed by atoms with E-state index in [0.717, 1.165) is 0 Å². The van der Waals surface area contributed by atoms with Gasteiger partial charge in [0.05, 0.1) is 0 Å². The van der Waals surface area contributed by atoms with E-state index in [9.17, 15) is 4.79 Å². The van der Waals surface area contributed by atoms with Gasteiger partial charge in [-0.1, -0.05) is 21.1 Å². The van der Waals surface area contributed by atoms with Gasteiger partial charge in [-0.15, -0.1) is 11.3 Å². The fraction of sp³-hybridized carbons (Fsp3) is 0.286. The lowest BCUT2D eigenvalue weighted by Crippen LogP contribution is -2.05. The smallest absolute Gasteiger partial charge is 0.180 e. The summed E-state index contributed by atoms with van der Waals surface area (Å²) in [7, 11) is 0. The first-order chi connectivity index (χ1) is 6.77. The molecule has 1 aromatic heterocycles. The van der Waals surface area contributed by atoms with Crippen molar-refractivity contribution in [2.45, 2.75) is 0 Å². The van der Waals surface area contributed by atoms with Crippen LogP contribution in [0.15, 0.2) is 10.5 Å². The topological polar surface area (TPSA) is 77.6 Å². The largest absolute Gasteiger partial charge is 0.394 e. The number of nitrogen functional groups attached to an aromatic ring is 1. The van der Waals surface area contributed by atoms with Crippen LogP contribution in [0.2, 0.25) is 0 Å². The van der Waals surface area contributed by atoms with Crippen LogP contribution in [0.1, 0.15) is 5.69 Å². The van der Waals surface area contributed by atoms with Gasteiger partial charge < -0.3 is 10.6 Å².